The van der Waals surface area contributed by atoms with Crippen molar-refractivity contribution in [3.63, 3.8) is 0 Å². The summed E-state index contributed by atoms with van der Waals surface area (Å²) < 4.78 is 10.8. The van der Waals surface area contributed by atoms with Gasteiger partial charge in [0.05, 0.1) is 19.6 Å². The first-order chi connectivity index (χ1) is 12.5. The van der Waals surface area contributed by atoms with Gasteiger partial charge in [-0.3, -0.25) is 10.2 Å². The highest BCUT2D eigenvalue weighted by molar-refractivity contribution is 9.10. The van der Waals surface area contributed by atoms with E-state index >= 15 is 0 Å². The van der Waals surface area contributed by atoms with E-state index in [4.69, 9.17) is 10.00 Å². The molecule has 0 aliphatic carbocycles. The van der Waals surface area contributed by atoms with E-state index in [2.05, 4.69) is 26.0 Å². The lowest BCUT2D eigenvalue weighted by molar-refractivity contribution is 0.187. The number of carbonyl (C=O) groups excluding carboxylic acids is 2. The maximum absolute atomic E-state index is 12.6. The van der Waals surface area contributed by atoms with Gasteiger partial charge in [0.15, 0.2) is 0 Å². The van der Waals surface area contributed by atoms with Crippen LogP contribution in [0.1, 0.15) is 6.42 Å². The van der Waals surface area contributed by atoms with E-state index in [9.17, 15) is 9.59 Å². The fraction of sp³-hybridized carbons (Fsp3) is 0.167. The monoisotopic (exact) mass is 417 g/mol. The second kappa shape index (κ2) is 9.44. The number of hydrogen-bond donors (Lipinski definition) is 1. The molecule has 0 aliphatic heterocycles. The Hall–Kier alpha value is -3.05. The zero-order valence-electron chi connectivity index (χ0n) is 13.9. The zero-order valence-corrected chi connectivity index (χ0v) is 15.5. The first-order valence-electron chi connectivity index (χ1n) is 7.60. The summed E-state index contributed by atoms with van der Waals surface area (Å²) in [4.78, 5) is 25.2. The number of rotatable bonds is 5. The molecule has 0 fully saturated rings. The Kier molecular flexibility index (Phi) is 7.00. The molecule has 0 bridgehead atoms. The normalized spacial score (nSPS) is 9.73. The van der Waals surface area contributed by atoms with Crippen molar-refractivity contribution in [2.75, 3.05) is 23.9 Å². The standard InChI is InChI=1S/C18H16BrN3O4/c1-25-17(23)21-14-4-2-5-16(12-14)26-18(24)22(11-3-10-20)15-8-6-13(19)7-9-15/h2,4-9,12H,3,11H2,1H3,(H,21,23). The van der Waals surface area contributed by atoms with Crippen LogP contribution in [-0.4, -0.2) is 25.8 Å². The maximum atomic E-state index is 12.6. The summed E-state index contributed by atoms with van der Waals surface area (Å²) in [5.41, 5.74) is 1.03. The van der Waals surface area contributed by atoms with Crippen LogP contribution in [0, 0.1) is 11.3 Å². The molecule has 0 aliphatic rings. The number of amides is 2. The lowest BCUT2D eigenvalue weighted by atomic mass is 10.3. The molecule has 0 saturated heterocycles. The van der Waals surface area contributed by atoms with Crippen LogP contribution in [0.15, 0.2) is 53.0 Å². The van der Waals surface area contributed by atoms with Crippen molar-refractivity contribution >= 4 is 39.5 Å². The highest BCUT2D eigenvalue weighted by Gasteiger charge is 2.18. The average Bonchev–Trinajstić information content (AvgIpc) is 2.63. The van der Waals surface area contributed by atoms with Gasteiger partial charge in [-0.2, -0.15) is 5.26 Å². The number of nitrogens with zero attached hydrogens (tertiary/aromatic N) is 2. The summed E-state index contributed by atoms with van der Waals surface area (Å²) in [5, 5.41) is 11.3. The lowest BCUT2D eigenvalue weighted by Gasteiger charge is -2.21. The molecular formula is C18H16BrN3O4. The van der Waals surface area contributed by atoms with E-state index in [1.165, 1.54) is 18.1 Å². The van der Waals surface area contributed by atoms with Crippen LogP contribution < -0.4 is 15.0 Å². The molecule has 0 saturated carbocycles. The van der Waals surface area contributed by atoms with E-state index < -0.39 is 12.2 Å². The van der Waals surface area contributed by atoms with Crippen molar-refractivity contribution in [2.45, 2.75) is 6.42 Å². The smallest absolute Gasteiger partial charge is 0.419 e. The molecule has 2 amide bonds. The molecule has 0 radical (unpaired) electrons. The van der Waals surface area contributed by atoms with Crippen molar-refractivity contribution in [3.8, 4) is 11.8 Å². The van der Waals surface area contributed by atoms with Crippen LogP contribution in [0.4, 0.5) is 21.0 Å². The first-order valence-corrected chi connectivity index (χ1v) is 8.39. The largest absolute Gasteiger partial charge is 0.453 e. The van der Waals surface area contributed by atoms with Gasteiger partial charge in [0, 0.05) is 28.5 Å². The summed E-state index contributed by atoms with van der Waals surface area (Å²) in [7, 11) is 1.25. The molecule has 0 unspecified atom stereocenters. The molecule has 2 aromatic carbocycles. The van der Waals surface area contributed by atoms with Crippen molar-refractivity contribution in [2.24, 2.45) is 0 Å². The molecule has 0 atom stereocenters. The van der Waals surface area contributed by atoms with Gasteiger partial charge in [0.25, 0.3) is 0 Å². The van der Waals surface area contributed by atoms with Gasteiger partial charge in [0.2, 0.25) is 0 Å². The number of nitrogens with one attached hydrogen (secondary N) is 1. The summed E-state index contributed by atoms with van der Waals surface area (Å²) in [5.74, 6) is 0.253. The zero-order chi connectivity index (χ0) is 18.9. The Balaban J connectivity index is 2.16. The van der Waals surface area contributed by atoms with Crippen LogP contribution in [0.3, 0.4) is 0 Å². The third-order valence-corrected chi connectivity index (χ3v) is 3.81. The van der Waals surface area contributed by atoms with Gasteiger partial charge < -0.3 is 9.47 Å². The van der Waals surface area contributed by atoms with E-state index in [1.54, 1.807) is 42.5 Å². The molecule has 2 aromatic rings. The number of nitriles is 1. The van der Waals surface area contributed by atoms with Crippen LogP contribution >= 0.6 is 15.9 Å². The Labute approximate surface area is 159 Å². The first kappa shape index (κ1) is 19.3. The highest BCUT2D eigenvalue weighted by atomic mass is 79.9. The molecular weight excluding hydrogens is 402 g/mol. The third-order valence-electron chi connectivity index (χ3n) is 3.28. The second-order valence-corrected chi connectivity index (χ2v) is 5.96. The number of benzene rings is 2. The van der Waals surface area contributed by atoms with Gasteiger partial charge in [-0.25, -0.2) is 9.59 Å². The molecule has 0 heterocycles. The Bertz CT molecular complexity index is 818. The molecule has 8 heteroatoms. The number of ether oxygens (including phenoxy) is 2. The summed E-state index contributed by atoms with van der Waals surface area (Å²) in [6.07, 6.45) is -1.09. The van der Waals surface area contributed by atoms with Gasteiger partial charge in [-0.15, -0.1) is 0 Å². The van der Waals surface area contributed by atoms with Gasteiger partial charge in [0.1, 0.15) is 5.75 Å². The van der Waals surface area contributed by atoms with Crippen LogP contribution in [0.5, 0.6) is 5.75 Å². The maximum Gasteiger partial charge on any atom is 0.419 e. The van der Waals surface area contributed by atoms with Gasteiger partial charge >= 0.3 is 12.2 Å². The highest BCUT2D eigenvalue weighted by Crippen LogP contribution is 2.22. The number of carbonyl (C=O) groups is 2. The average molecular weight is 418 g/mol. The van der Waals surface area contributed by atoms with Crippen LogP contribution in [0.2, 0.25) is 0 Å². The minimum Gasteiger partial charge on any atom is -0.453 e. The molecule has 2 rings (SSSR count). The Morgan fingerprint density at radius 2 is 1.96 bits per heavy atom. The number of anilines is 2. The predicted octanol–water partition coefficient (Wildman–Crippen LogP) is 4.55. The fourth-order valence-electron chi connectivity index (χ4n) is 2.07. The van der Waals surface area contributed by atoms with Gasteiger partial charge in [-0.05, 0) is 36.4 Å². The minimum absolute atomic E-state index is 0.162. The Morgan fingerprint density at radius 1 is 1.23 bits per heavy atom. The number of halogens is 1. The van der Waals surface area contributed by atoms with Crippen molar-refractivity contribution in [1.82, 2.24) is 0 Å². The molecule has 0 spiro atoms. The third kappa shape index (κ3) is 5.50. The molecule has 26 heavy (non-hydrogen) atoms. The van der Waals surface area contributed by atoms with Crippen LogP contribution in [-0.2, 0) is 4.74 Å². The summed E-state index contributed by atoms with van der Waals surface area (Å²) in [6.45, 7) is 0.192. The lowest BCUT2D eigenvalue weighted by Crippen LogP contribution is -2.34. The topological polar surface area (TPSA) is 91.7 Å². The number of methoxy groups -OCH3 is 1. The van der Waals surface area contributed by atoms with E-state index in [0.717, 1.165) is 4.47 Å². The summed E-state index contributed by atoms with van der Waals surface area (Å²) in [6, 6.07) is 15.5. The molecule has 1 N–H and O–H groups in total. The van der Waals surface area contributed by atoms with E-state index in [-0.39, 0.29) is 18.7 Å². The molecule has 0 aromatic heterocycles. The molecule has 7 nitrogen and oxygen atoms in total. The van der Waals surface area contributed by atoms with Crippen molar-refractivity contribution < 1.29 is 19.1 Å². The Morgan fingerprint density at radius 3 is 2.62 bits per heavy atom. The predicted molar refractivity (Wildman–Crippen MR) is 100 cm³/mol. The SMILES string of the molecule is COC(=O)Nc1cccc(OC(=O)N(CCC#N)c2ccc(Br)cc2)c1. The van der Waals surface area contributed by atoms with E-state index in [0.29, 0.717) is 11.4 Å². The van der Waals surface area contributed by atoms with Crippen molar-refractivity contribution in [1.29, 1.82) is 5.26 Å². The summed E-state index contributed by atoms with van der Waals surface area (Å²) >= 11 is 3.34. The molecule has 134 valence electrons. The van der Waals surface area contributed by atoms with Gasteiger partial charge in [-0.1, -0.05) is 22.0 Å². The van der Waals surface area contributed by atoms with Crippen LogP contribution in [0.25, 0.3) is 0 Å². The minimum atomic E-state index is -0.627. The second-order valence-electron chi connectivity index (χ2n) is 5.05. The van der Waals surface area contributed by atoms with Crippen molar-refractivity contribution in [3.05, 3.63) is 53.0 Å². The van der Waals surface area contributed by atoms with E-state index in [1.807, 2.05) is 6.07 Å². The fourth-order valence-corrected chi connectivity index (χ4v) is 2.34. The number of hydrogen-bond acceptors (Lipinski definition) is 5. The quantitative estimate of drug-likeness (QED) is 0.770.